The first kappa shape index (κ1) is 17.5. The molecule has 26 heavy (non-hydrogen) atoms. The summed E-state index contributed by atoms with van der Waals surface area (Å²) in [6.45, 7) is 1.14. The molecule has 138 valence electrons. The minimum absolute atomic E-state index is 0.148. The summed E-state index contributed by atoms with van der Waals surface area (Å²) in [5.74, 6) is -0.148. The fourth-order valence-corrected chi connectivity index (χ4v) is 5.42. The second-order valence-electron chi connectivity index (χ2n) is 6.87. The average Bonchev–Trinajstić information content (AvgIpc) is 3.33. The summed E-state index contributed by atoms with van der Waals surface area (Å²) in [6, 6.07) is 11.4. The topological polar surface area (TPSA) is 75.7 Å². The highest BCUT2D eigenvalue weighted by molar-refractivity contribution is 7.92. The molecule has 0 saturated carbocycles. The van der Waals surface area contributed by atoms with Crippen molar-refractivity contribution in [2.24, 2.45) is 0 Å². The maximum atomic E-state index is 12.5. The van der Waals surface area contributed by atoms with Crippen LogP contribution < -0.4 is 9.62 Å². The fraction of sp³-hybridized carbons (Fsp3) is 0.389. The van der Waals surface area contributed by atoms with Crippen molar-refractivity contribution in [2.75, 3.05) is 23.7 Å². The predicted molar refractivity (Wildman–Crippen MR) is 101 cm³/mol. The van der Waals surface area contributed by atoms with Crippen LogP contribution in [0.15, 0.2) is 41.8 Å². The van der Waals surface area contributed by atoms with Gasteiger partial charge in [0, 0.05) is 16.8 Å². The van der Waals surface area contributed by atoms with Gasteiger partial charge in [0.15, 0.2) is 0 Å². The Hall–Kier alpha value is -1.90. The Balaban J connectivity index is 1.53. The van der Waals surface area contributed by atoms with E-state index in [4.69, 9.17) is 4.74 Å². The number of amides is 1. The number of thiophene rings is 1. The number of nitrogens with one attached hydrogen (secondary N) is 1. The van der Waals surface area contributed by atoms with Crippen molar-refractivity contribution in [1.82, 2.24) is 5.32 Å². The highest BCUT2D eigenvalue weighted by Gasteiger charge is 2.52. The minimum Gasteiger partial charge on any atom is -0.367 e. The fourth-order valence-electron chi connectivity index (χ4n) is 3.78. The molecule has 0 aliphatic carbocycles. The van der Waals surface area contributed by atoms with Crippen LogP contribution in [0.2, 0.25) is 0 Å². The highest BCUT2D eigenvalue weighted by Crippen LogP contribution is 2.48. The molecule has 2 atom stereocenters. The van der Waals surface area contributed by atoms with E-state index in [9.17, 15) is 13.2 Å². The molecule has 1 aromatic carbocycles. The van der Waals surface area contributed by atoms with E-state index in [0.29, 0.717) is 31.8 Å². The van der Waals surface area contributed by atoms with Crippen molar-refractivity contribution in [3.05, 3.63) is 52.2 Å². The Labute approximate surface area is 156 Å². The van der Waals surface area contributed by atoms with Gasteiger partial charge in [0.2, 0.25) is 15.9 Å². The van der Waals surface area contributed by atoms with Gasteiger partial charge in [0.05, 0.1) is 25.1 Å². The van der Waals surface area contributed by atoms with Crippen LogP contribution in [0, 0.1) is 0 Å². The molecule has 4 rings (SSSR count). The van der Waals surface area contributed by atoms with E-state index in [-0.39, 0.29) is 5.91 Å². The number of carbonyl (C=O) groups excluding carboxylic acids is 1. The van der Waals surface area contributed by atoms with Gasteiger partial charge in [-0.15, -0.1) is 11.3 Å². The van der Waals surface area contributed by atoms with Gasteiger partial charge in [-0.3, -0.25) is 9.10 Å². The Morgan fingerprint density at radius 1 is 1.35 bits per heavy atom. The molecular formula is C18H20N2O4S2. The number of sulfonamides is 1. The lowest BCUT2D eigenvalue weighted by molar-refractivity contribution is -0.130. The summed E-state index contributed by atoms with van der Waals surface area (Å²) in [5.41, 5.74) is 1.17. The molecule has 1 fully saturated rings. The molecule has 2 aliphatic rings. The third-order valence-electron chi connectivity index (χ3n) is 5.04. The monoisotopic (exact) mass is 392 g/mol. The molecule has 2 aliphatic heterocycles. The van der Waals surface area contributed by atoms with Gasteiger partial charge in [-0.2, -0.15) is 0 Å². The van der Waals surface area contributed by atoms with E-state index in [1.807, 2.05) is 41.8 Å². The summed E-state index contributed by atoms with van der Waals surface area (Å²) >= 11 is 1.59. The quantitative estimate of drug-likeness (QED) is 0.862. The summed E-state index contributed by atoms with van der Waals surface area (Å²) in [4.78, 5) is 13.6. The first-order valence-corrected chi connectivity index (χ1v) is 11.1. The number of anilines is 1. The SMILES string of the molecule is CS(=O)(=O)N1CC2(COC(C(=O)NCc3cccs3)C2)c2ccccc21. The van der Waals surface area contributed by atoms with E-state index < -0.39 is 21.5 Å². The van der Waals surface area contributed by atoms with E-state index in [1.165, 1.54) is 10.6 Å². The summed E-state index contributed by atoms with van der Waals surface area (Å²) in [5, 5.41) is 4.88. The molecule has 0 bridgehead atoms. The summed E-state index contributed by atoms with van der Waals surface area (Å²) in [7, 11) is -3.38. The molecule has 8 heteroatoms. The number of benzene rings is 1. The van der Waals surface area contributed by atoms with Crippen molar-refractivity contribution >= 4 is 33.0 Å². The largest absolute Gasteiger partial charge is 0.367 e. The number of hydrogen-bond acceptors (Lipinski definition) is 5. The van der Waals surface area contributed by atoms with Gasteiger partial charge in [0.25, 0.3) is 0 Å². The van der Waals surface area contributed by atoms with Crippen LogP contribution in [0.1, 0.15) is 16.9 Å². The normalized spacial score (nSPS) is 24.8. The molecule has 0 radical (unpaired) electrons. The first-order valence-electron chi connectivity index (χ1n) is 8.38. The number of nitrogens with zero attached hydrogens (tertiary/aromatic N) is 1. The summed E-state index contributed by atoms with van der Waals surface area (Å²) in [6.07, 6.45) is 1.12. The van der Waals surface area contributed by atoms with Crippen LogP contribution in [0.3, 0.4) is 0 Å². The standard InChI is InChI=1S/C18H20N2O4S2/c1-26(22,23)20-11-18(14-6-2-3-7-15(14)20)9-16(24-12-18)17(21)19-10-13-5-4-8-25-13/h2-8,16H,9-12H2,1H3,(H,19,21). The predicted octanol–water partition coefficient (Wildman–Crippen LogP) is 1.87. The van der Waals surface area contributed by atoms with Crippen LogP contribution in [-0.2, 0) is 31.5 Å². The number of hydrogen-bond donors (Lipinski definition) is 1. The maximum Gasteiger partial charge on any atom is 0.249 e. The first-order chi connectivity index (χ1) is 12.4. The minimum atomic E-state index is -3.38. The third kappa shape index (κ3) is 3.02. The Bertz CT molecular complexity index is 926. The molecular weight excluding hydrogens is 372 g/mol. The van der Waals surface area contributed by atoms with Gasteiger partial charge in [-0.1, -0.05) is 24.3 Å². The molecule has 6 nitrogen and oxygen atoms in total. The van der Waals surface area contributed by atoms with Crippen LogP contribution in [0.5, 0.6) is 0 Å². The lowest BCUT2D eigenvalue weighted by Gasteiger charge is -2.23. The molecule has 1 aromatic heterocycles. The van der Waals surface area contributed by atoms with Crippen molar-refractivity contribution in [1.29, 1.82) is 0 Å². The van der Waals surface area contributed by atoms with Gasteiger partial charge < -0.3 is 10.1 Å². The Morgan fingerprint density at radius 3 is 2.88 bits per heavy atom. The van der Waals surface area contributed by atoms with Gasteiger partial charge in [-0.05, 0) is 29.5 Å². The molecule has 1 N–H and O–H groups in total. The highest BCUT2D eigenvalue weighted by atomic mass is 32.2. The van der Waals surface area contributed by atoms with Crippen molar-refractivity contribution in [3.63, 3.8) is 0 Å². The van der Waals surface area contributed by atoms with E-state index >= 15 is 0 Å². The van der Waals surface area contributed by atoms with E-state index in [2.05, 4.69) is 5.32 Å². The molecule has 1 spiro atoms. The molecule has 1 saturated heterocycles. The zero-order valence-corrected chi connectivity index (χ0v) is 16.0. The smallest absolute Gasteiger partial charge is 0.249 e. The Kier molecular flexibility index (Phi) is 4.29. The molecule has 1 amide bonds. The van der Waals surface area contributed by atoms with Crippen LogP contribution in [0.25, 0.3) is 0 Å². The van der Waals surface area contributed by atoms with Crippen LogP contribution in [0.4, 0.5) is 5.69 Å². The van der Waals surface area contributed by atoms with Gasteiger partial charge >= 0.3 is 0 Å². The second kappa shape index (κ2) is 6.37. The second-order valence-corrected chi connectivity index (χ2v) is 9.81. The van der Waals surface area contributed by atoms with Crippen molar-refractivity contribution in [3.8, 4) is 0 Å². The van der Waals surface area contributed by atoms with Crippen molar-refractivity contribution in [2.45, 2.75) is 24.5 Å². The number of ether oxygens (including phenoxy) is 1. The average molecular weight is 393 g/mol. The van der Waals surface area contributed by atoms with Gasteiger partial charge in [0.1, 0.15) is 6.10 Å². The van der Waals surface area contributed by atoms with E-state index in [0.717, 1.165) is 10.4 Å². The lowest BCUT2D eigenvalue weighted by atomic mass is 9.80. The van der Waals surface area contributed by atoms with E-state index in [1.54, 1.807) is 11.3 Å². The van der Waals surface area contributed by atoms with Gasteiger partial charge in [-0.25, -0.2) is 8.42 Å². The Morgan fingerprint density at radius 2 is 2.15 bits per heavy atom. The maximum absolute atomic E-state index is 12.5. The molecule has 2 unspecified atom stereocenters. The number of para-hydroxylation sites is 1. The zero-order valence-electron chi connectivity index (χ0n) is 14.3. The number of carbonyl (C=O) groups is 1. The molecule has 3 heterocycles. The van der Waals surface area contributed by atoms with Crippen molar-refractivity contribution < 1.29 is 17.9 Å². The molecule has 2 aromatic rings. The zero-order chi connectivity index (χ0) is 18.4. The summed E-state index contributed by atoms with van der Waals surface area (Å²) < 4.78 is 31.6. The van der Waals surface area contributed by atoms with Crippen LogP contribution in [-0.4, -0.2) is 39.8 Å². The number of fused-ring (bicyclic) bond motifs is 2. The number of rotatable bonds is 4. The van der Waals surface area contributed by atoms with Crippen LogP contribution >= 0.6 is 11.3 Å². The third-order valence-corrected chi connectivity index (χ3v) is 7.04. The lowest BCUT2D eigenvalue weighted by Crippen LogP contribution is -2.38.